The van der Waals surface area contributed by atoms with Gasteiger partial charge in [-0.2, -0.15) is 0 Å². The SMILES string of the molecule is CC(OC1CS(=O)(=O)CC1Br)C1CCC1. The number of halogens is 1. The van der Waals surface area contributed by atoms with Crippen molar-refractivity contribution in [2.24, 2.45) is 5.92 Å². The van der Waals surface area contributed by atoms with Crippen LogP contribution in [0.5, 0.6) is 0 Å². The minimum atomic E-state index is -2.88. The minimum absolute atomic E-state index is 0.0231. The number of ether oxygens (including phenoxy) is 1. The second-order valence-corrected chi connectivity index (χ2v) is 7.99. The molecule has 3 unspecified atom stereocenters. The Morgan fingerprint density at radius 1 is 1.33 bits per heavy atom. The van der Waals surface area contributed by atoms with Crippen LogP contribution >= 0.6 is 15.9 Å². The summed E-state index contributed by atoms with van der Waals surface area (Å²) in [5, 5.41) is 0. The van der Waals surface area contributed by atoms with E-state index in [2.05, 4.69) is 22.9 Å². The Hall–Kier alpha value is 0.390. The Kier molecular flexibility index (Phi) is 3.43. The Morgan fingerprint density at radius 3 is 2.40 bits per heavy atom. The fraction of sp³-hybridized carbons (Fsp3) is 1.00. The van der Waals surface area contributed by atoms with Crippen molar-refractivity contribution in [3.05, 3.63) is 0 Å². The highest BCUT2D eigenvalue weighted by molar-refractivity contribution is 9.09. The van der Waals surface area contributed by atoms with Crippen LogP contribution in [0, 0.1) is 5.92 Å². The summed E-state index contributed by atoms with van der Waals surface area (Å²) in [5.41, 5.74) is 0. The maximum atomic E-state index is 11.4. The van der Waals surface area contributed by atoms with Crippen LogP contribution in [-0.2, 0) is 14.6 Å². The van der Waals surface area contributed by atoms with Crippen LogP contribution in [0.3, 0.4) is 0 Å². The van der Waals surface area contributed by atoms with Crippen LogP contribution < -0.4 is 0 Å². The third-order valence-electron chi connectivity index (χ3n) is 3.44. The van der Waals surface area contributed by atoms with Gasteiger partial charge >= 0.3 is 0 Å². The van der Waals surface area contributed by atoms with E-state index in [1.54, 1.807) is 0 Å². The lowest BCUT2D eigenvalue weighted by Gasteiger charge is -2.33. The molecule has 15 heavy (non-hydrogen) atoms. The Bertz CT molecular complexity index is 324. The summed E-state index contributed by atoms with van der Waals surface area (Å²) in [6.07, 6.45) is 3.81. The van der Waals surface area contributed by atoms with Gasteiger partial charge in [0.2, 0.25) is 0 Å². The molecule has 5 heteroatoms. The molecule has 1 heterocycles. The van der Waals surface area contributed by atoms with Crippen molar-refractivity contribution in [2.45, 2.75) is 43.2 Å². The molecule has 0 N–H and O–H groups in total. The van der Waals surface area contributed by atoms with Gasteiger partial charge in [0.15, 0.2) is 9.84 Å². The highest BCUT2D eigenvalue weighted by Crippen LogP contribution is 2.33. The molecule has 2 rings (SSSR count). The lowest BCUT2D eigenvalue weighted by atomic mass is 9.81. The Balaban J connectivity index is 1.89. The predicted molar refractivity (Wildman–Crippen MR) is 63.0 cm³/mol. The Morgan fingerprint density at radius 2 is 2.00 bits per heavy atom. The van der Waals surface area contributed by atoms with E-state index in [1.807, 2.05) is 0 Å². The smallest absolute Gasteiger partial charge is 0.154 e. The predicted octanol–water partition coefficient (Wildman–Crippen LogP) is 1.75. The molecule has 3 atom stereocenters. The second kappa shape index (κ2) is 4.34. The molecule has 1 aliphatic heterocycles. The summed E-state index contributed by atoms with van der Waals surface area (Å²) in [7, 11) is -2.88. The molecule has 3 nitrogen and oxygen atoms in total. The van der Waals surface area contributed by atoms with E-state index in [1.165, 1.54) is 19.3 Å². The molecule has 0 amide bonds. The molecule has 1 aliphatic carbocycles. The zero-order chi connectivity index (χ0) is 11.1. The van der Waals surface area contributed by atoms with Gasteiger partial charge in [0, 0.05) is 0 Å². The first-order chi connectivity index (χ1) is 6.98. The van der Waals surface area contributed by atoms with Crippen LogP contribution in [-0.4, -0.2) is 37.0 Å². The van der Waals surface area contributed by atoms with Gasteiger partial charge in [-0.05, 0) is 25.7 Å². The van der Waals surface area contributed by atoms with E-state index in [0.29, 0.717) is 5.92 Å². The van der Waals surface area contributed by atoms with Gasteiger partial charge in [-0.25, -0.2) is 8.42 Å². The largest absolute Gasteiger partial charge is 0.373 e. The van der Waals surface area contributed by atoms with Gasteiger partial charge < -0.3 is 4.74 Å². The number of sulfone groups is 1. The molecule has 1 saturated carbocycles. The maximum absolute atomic E-state index is 11.4. The first-order valence-electron chi connectivity index (χ1n) is 5.48. The average molecular weight is 297 g/mol. The highest BCUT2D eigenvalue weighted by Gasteiger charge is 2.39. The van der Waals surface area contributed by atoms with E-state index < -0.39 is 9.84 Å². The quantitative estimate of drug-likeness (QED) is 0.745. The molecule has 0 bridgehead atoms. The number of alkyl halides is 1. The molecule has 0 aromatic carbocycles. The molecule has 0 radical (unpaired) electrons. The van der Waals surface area contributed by atoms with Gasteiger partial charge in [-0.1, -0.05) is 22.4 Å². The molecule has 2 fully saturated rings. The van der Waals surface area contributed by atoms with Gasteiger partial charge in [-0.3, -0.25) is 0 Å². The van der Waals surface area contributed by atoms with Crippen LogP contribution in [0.2, 0.25) is 0 Å². The van der Waals surface area contributed by atoms with Crippen LogP contribution in [0.1, 0.15) is 26.2 Å². The van der Waals surface area contributed by atoms with Gasteiger partial charge in [0.05, 0.1) is 28.5 Å². The molecular weight excluding hydrogens is 280 g/mol. The topological polar surface area (TPSA) is 43.4 Å². The van der Waals surface area contributed by atoms with Gasteiger partial charge in [0.1, 0.15) is 0 Å². The van der Waals surface area contributed by atoms with Crippen molar-refractivity contribution >= 4 is 25.8 Å². The summed E-state index contributed by atoms with van der Waals surface area (Å²) < 4.78 is 28.6. The molecule has 1 saturated heterocycles. The van der Waals surface area contributed by atoms with Crippen molar-refractivity contribution in [1.82, 2.24) is 0 Å². The lowest BCUT2D eigenvalue weighted by Crippen LogP contribution is -2.34. The zero-order valence-electron chi connectivity index (χ0n) is 8.86. The van der Waals surface area contributed by atoms with Gasteiger partial charge in [-0.15, -0.1) is 0 Å². The van der Waals surface area contributed by atoms with E-state index in [-0.39, 0.29) is 28.5 Å². The summed E-state index contributed by atoms with van der Waals surface area (Å²) in [5.74, 6) is 1.04. The maximum Gasteiger partial charge on any atom is 0.154 e. The minimum Gasteiger partial charge on any atom is -0.373 e. The van der Waals surface area contributed by atoms with Crippen molar-refractivity contribution in [2.75, 3.05) is 11.5 Å². The highest BCUT2D eigenvalue weighted by atomic mass is 79.9. The second-order valence-electron chi connectivity index (χ2n) is 4.66. The van der Waals surface area contributed by atoms with Crippen LogP contribution in [0.15, 0.2) is 0 Å². The first kappa shape index (κ1) is 11.9. The Labute approximate surface area is 99.6 Å². The molecule has 0 aromatic heterocycles. The fourth-order valence-electron chi connectivity index (χ4n) is 2.19. The van der Waals surface area contributed by atoms with E-state index in [9.17, 15) is 8.42 Å². The third-order valence-corrected chi connectivity index (χ3v) is 6.48. The number of hydrogen-bond donors (Lipinski definition) is 0. The van der Waals surface area contributed by atoms with Crippen LogP contribution in [0.4, 0.5) is 0 Å². The summed E-state index contributed by atoms with van der Waals surface area (Å²) in [4.78, 5) is -0.0231. The summed E-state index contributed by atoms with van der Waals surface area (Å²) in [6.45, 7) is 2.06. The van der Waals surface area contributed by atoms with Crippen molar-refractivity contribution in [3.8, 4) is 0 Å². The van der Waals surface area contributed by atoms with Crippen LogP contribution in [0.25, 0.3) is 0 Å². The fourth-order valence-corrected chi connectivity index (χ4v) is 5.61. The standard InChI is InChI=1S/C10H17BrO3S/c1-7(8-3-2-4-8)14-10-6-15(12,13)5-9(10)11/h7-10H,2-6H2,1H3. The normalized spacial score (nSPS) is 37.5. The summed E-state index contributed by atoms with van der Waals surface area (Å²) >= 11 is 3.39. The molecule has 0 spiro atoms. The van der Waals surface area contributed by atoms with Crippen molar-refractivity contribution < 1.29 is 13.2 Å². The van der Waals surface area contributed by atoms with E-state index >= 15 is 0 Å². The average Bonchev–Trinajstić information content (AvgIpc) is 2.20. The molecule has 88 valence electrons. The van der Waals surface area contributed by atoms with E-state index in [4.69, 9.17) is 4.74 Å². The number of hydrogen-bond acceptors (Lipinski definition) is 3. The molecule has 0 aromatic rings. The van der Waals surface area contributed by atoms with Gasteiger partial charge in [0.25, 0.3) is 0 Å². The zero-order valence-corrected chi connectivity index (χ0v) is 11.3. The van der Waals surface area contributed by atoms with Crippen molar-refractivity contribution in [1.29, 1.82) is 0 Å². The third kappa shape index (κ3) is 2.74. The molecular formula is C10H17BrO3S. The lowest BCUT2D eigenvalue weighted by molar-refractivity contribution is -0.0373. The monoisotopic (exact) mass is 296 g/mol. The van der Waals surface area contributed by atoms with E-state index in [0.717, 1.165) is 0 Å². The number of rotatable bonds is 3. The van der Waals surface area contributed by atoms with Crippen molar-refractivity contribution in [3.63, 3.8) is 0 Å². The first-order valence-corrected chi connectivity index (χ1v) is 8.21. The summed E-state index contributed by atoms with van der Waals surface area (Å²) in [6, 6.07) is 0. The molecule has 2 aliphatic rings.